The van der Waals surface area contributed by atoms with E-state index in [0.29, 0.717) is 22.4 Å². The summed E-state index contributed by atoms with van der Waals surface area (Å²) >= 11 is 0. The summed E-state index contributed by atoms with van der Waals surface area (Å²) in [7, 11) is 0. The van der Waals surface area contributed by atoms with Crippen molar-refractivity contribution in [2.75, 3.05) is 5.32 Å². The van der Waals surface area contributed by atoms with Gasteiger partial charge < -0.3 is 19.9 Å². The topological polar surface area (TPSA) is 82.7 Å². The molecule has 4 aromatic rings. The highest BCUT2D eigenvalue weighted by Gasteiger charge is 2.22. The van der Waals surface area contributed by atoms with E-state index in [1.165, 1.54) is 6.07 Å². The number of furan rings is 1. The molecule has 0 spiro atoms. The van der Waals surface area contributed by atoms with E-state index < -0.39 is 0 Å². The van der Waals surface area contributed by atoms with Crippen molar-refractivity contribution < 1.29 is 19.4 Å². The van der Waals surface area contributed by atoms with Crippen molar-refractivity contribution in [3.05, 3.63) is 78.4 Å². The Kier molecular flexibility index (Phi) is 3.82. The number of fused-ring (bicyclic) bond motifs is 1. The Morgan fingerprint density at radius 3 is 2.19 bits per heavy atom. The van der Waals surface area contributed by atoms with Crippen molar-refractivity contribution >= 4 is 22.6 Å². The predicted octanol–water partition coefficient (Wildman–Crippen LogP) is 4.76. The second-order valence-electron chi connectivity index (χ2n) is 5.80. The van der Waals surface area contributed by atoms with Crippen LogP contribution in [0.5, 0.6) is 11.5 Å². The number of hydrogen-bond donors (Lipinski definition) is 3. The fourth-order valence-corrected chi connectivity index (χ4v) is 2.83. The number of phenols is 2. The smallest absolute Gasteiger partial charge is 0.255 e. The van der Waals surface area contributed by atoms with Crippen LogP contribution in [0.15, 0.2) is 77.2 Å². The van der Waals surface area contributed by atoms with E-state index >= 15 is 0 Å². The Morgan fingerprint density at radius 2 is 1.50 bits per heavy atom. The number of phenolic OH excluding ortho intramolecular Hbond substituents is 2. The molecule has 0 aliphatic rings. The van der Waals surface area contributed by atoms with Gasteiger partial charge in [0.2, 0.25) is 5.75 Å². The van der Waals surface area contributed by atoms with Crippen LogP contribution in [0.4, 0.5) is 5.69 Å². The summed E-state index contributed by atoms with van der Waals surface area (Å²) in [6, 6.07) is 21.0. The summed E-state index contributed by atoms with van der Waals surface area (Å²) in [4.78, 5) is 12.6. The van der Waals surface area contributed by atoms with Gasteiger partial charge in [-0.05, 0) is 24.3 Å². The first kappa shape index (κ1) is 15.8. The fourth-order valence-electron chi connectivity index (χ4n) is 2.83. The quantitative estimate of drug-likeness (QED) is 0.467. The van der Waals surface area contributed by atoms with Gasteiger partial charge in [0.1, 0.15) is 0 Å². The van der Waals surface area contributed by atoms with Crippen LogP contribution in [0, 0.1) is 0 Å². The van der Waals surface area contributed by atoms with E-state index in [0.717, 1.165) is 5.56 Å². The largest absolute Gasteiger partial charge is 0.504 e. The number of benzene rings is 3. The van der Waals surface area contributed by atoms with Crippen LogP contribution in [-0.2, 0) is 0 Å². The minimum Gasteiger partial charge on any atom is -0.504 e. The molecular formula is C21H15NO4. The number of anilines is 1. The summed E-state index contributed by atoms with van der Waals surface area (Å²) in [5, 5.41) is 23.3. The number of carbonyl (C=O) groups is 1. The van der Waals surface area contributed by atoms with Gasteiger partial charge in [-0.15, -0.1) is 0 Å². The summed E-state index contributed by atoms with van der Waals surface area (Å²) in [5.74, 6) is -0.532. The zero-order valence-electron chi connectivity index (χ0n) is 13.6. The molecule has 5 nitrogen and oxygen atoms in total. The maximum absolute atomic E-state index is 12.6. The van der Waals surface area contributed by atoms with Crippen molar-refractivity contribution in [3.63, 3.8) is 0 Å². The molecule has 0 bridgehead atoms. The van der Waals surface area contributed by atoms with Crippen LogP contribution in [0.1, 0.15) is 10.4 Å². The lowest BCUT2D eigenvalue weighted by Gasteiger charge is -2.06. The SMILES string of the molecule is O=C(Nc1c(-c2ccccc2)oc2c(O)c(O)ccc12)c1ccccc1. The van der Waals surface area contributed by atoms with Crippen LogP contribution >= 0.6 is 0 Å². The summed E-state index contributed by atoms with van der Waals surface area (Å²) < 4.78 is 5.81. The third-order valence-electron chi connectivity index (χ3n) is 4.12. The van der Waals surface area contributed by atoms with Crippen molar-refractivity contribution in [1.29, 1.82) is 0 Å². The number of aromatic hydroxyl groups is 2. The second kappa shape index (κ2) is 6.29. The average molecular weight is 345 g/mol. The number of carbonyl (C=O) groups excluding carboxylic acids is 1. The van der Waals surface area contributed by atoms with Gasteiger partial charge in [-0.1, -0.05) is 48.5 Å². The number of nitrogens with one attached hydrogen (secondary N) is 1. The third kappa shape index (κ3) is 2.65. The average Bonchev–Trinajstić information content (AvgIpc) is 3.05. The zero-order chi connectivity index (χ0) is 18.1. The molecule has 26 heavy (non-hydrogen) atoms. The molecule has 0 fully saturated rings. The third-order valence-corrected chi connectivity index (χ3v) is 4.12. The monoisotopic (exact) mass is 345 g/mol. The summed E-state index contributed by atoms with van der Waals surface area (Å²) in [6.07, 6.45) is 0. The van der Waals surface area contributed by atoms with Gasteiger partial charge in [0.05, 0.1) is 5.69 Å². The van der Waals surface area contributed by atoms with Gasteiger partial charge in [0.15, 0.2) is 17.1 Å². The Hall–Kier alpha value is -3.73. The van der Waals surface area contributed by atoms with E-state index in [-0.39, 0.29) is 23.0 Å². The Morgan fingerprint density at radius 1 is 0.846 bits per heavy atom. The minimum absolute atomic E-state index is 0.118. The molecule has 0 saturated carbocycles. The van der Waals surface area contributed by atoms with Crippen LogP contribution in [0.2, 0.25) is 0 Å². The number of hydrogen-bond acceptors (Lipinski definition) is 4. The number of amides is 1. The van der Waals surface area contributed by atoms with E-state index in [1.807, 2.05) is 36.4 Å². The van der Waals surface area contributed by atoms with Crippen molar-refractivity contribution in [2.24, 2.45) is 0 Å². The Labute approximate surface area is 149 Å². The summed E-state index contributed by atoms with van der Waals surface area (Å²) in [5.41, 5.74) is 1.80. The maximum atomic E-state index is 12.6. The molecule has 0 radical (unpaired) electrons. The molecule has 0 unspecified atom stereocenters. The Bertz CT molecular complexity index is 1090. The van der Waals surface area contributed by atoms with E-state index in [1.54, 1.807) is 30.3 Å². The van der Waals surface area contributed by atoms with Crippen LogP contribution in [-0.4, -0.2) is 16.1 Å². The first-order valence-electron chi connectivity index (χ1n) is 8.04. The van der Waals surface area contributed by atoms with Gasteiger partial charge in [-0.3, -0.25) is 4.79 Å². The molecule has 128 valence electrons. The lowest BCUT2D eigenvalue weighted by molar-refractivity contribution is 0.102. The molecule has 1 heterocycles. The lowest BCUT2D eigenvalue weighted by Crippen LogP contribution is -2.11. The lowest BCUT2D eigenvalue weighted by atomic mass is 10.1. The molecule has 0 aliphatic carbocycles. The van der Waals surface area contributed by atoms with Gasteiger partial charge in [0, 0.05) is 16.5 Å². The molecule has 5 heteroatoms. The van der Waals surface area contributed by atoms with Crippen LogP contribution in [0.25, 0.3) is 22.3 Å². The molecule has 3 N–H and O–H groups in total. The summed E-state index contributed by atoms with van der Waals surface area (Å²) in [6.45, 7) is 0. The number of rotatable bonds is 3. The first-order chi connectivity index (χ1) is 12.6. The first-order valence-corrected chi connectivity index (χ1v) is 8.04. The normalized spacial score (nSPS) is 10.8. The molecule has 4 rings (SSSR count). The molecule has 1 aromatic heterocycles. The standard InChI is InChI=1S/C21H15NO4/c23-16-12-11-15-17(22-21(25)14-9-5-2-6-10-14)19(26-20(15)18(16)24)13-7-3-1-4-8-13/h1-12,23-24H,(H,22,25). The van der Waals surface area contributed by atoms with Gasteiger partial charge >= 0.3 is 0 Å². The highest BCUT2D eigenvalue weighted by atomic mass is 16.4. The fraction of sp³-hybridized carbons (Fsp3) is 0. The molecule has 3 aromatic carbocycles. The molecule has 0 atom stereocenters. The van der Waals surface area contributed by atoms with Gasteiger partial charge in [0.25, 0.3) is 5.91 Å². The zero-order valence-corrected chi connectivity index (χ0v) is 13.6. The Balaban J connectivity index is 1.89. The van der Waals surface area contributed by atoms with Crippen LogP contribution < -0.4 is 5.32 Å². The molecule has 0 saturated heterocycles. The van der Waals surface area contributed by atoms with Crippen molar-refractivity contribution in [3.8, 4) is 22.8 Å². The van der Waals surface area contributed by atoms with Crippen molar-refractivity contribution in [2.45, 2.75) is 0 Å². The minimum atomic E-state index is -0.361. The van der Waals surface area contributed by atoms with Crippen LogP contribution in [0.3, 0.4) is 0 Å². The highest BCUT2D eigenvalue weighted by Crippen LogP contribution is 2.44. The second-order valence-corrected chi connectivity index (χ2v) is 5.80. The predicted molar refractivity (Wildman–Crippen MR) is 99.4 cm³/mol. The molecule has 1 amide bonds. The molecular weight excluding hydrogens is 330 g/mol. The van der Waals surface area contributed by atoms with E-state index in [2.05, 4.69) is 5.32 Å². The maximum Gasteiger partial charge on any atom is 0.255 e. The van der Waals surface area contributed by atoms with E-state index in [9.17, 15) is 15.0 Å². The highest BCUT2D eigenvalue weighted by molar-refractivity contribution is 6.12. The van der Waals surface area contributed by atoms with Crippen molar-refractivity contribution in [1.82, 2.24) is 0 Å². The van der Waals surface area contributed by atoms with Gasteiger partial charge in [-0.2, -0.15) is 0 Å². The van der Waals surface area contributed by atoms with Gasteiger partial charge in [-0.25, -0.2) is 0 Å². The van der Waals surface area contributed by atoms with E-state index in [4.69, 9.17) is 4.42 Å². The molecule has 0 aliphatic heterocycles.